The Bertz CT molecular complexity index is 1330. The molecule has 136 valence electrons. The SMILES string of the molecule is O=c1[nH]c2ncc(-c3ccnc4ccccc34)nc2n1CCc1ccccc1. The van der Waals surface area contributed by atoms with Gasteiger partial charge in [0.2, 0.25) is 0 Å². The highest BCUT2D eigenvalue weighted by Crippen LogP contribution is 2.26. The number of rotatable bonds is 4. The summed E-state index contributed by atoms with van der Waals surface area (Å²) in [5, 5.41) is 1.01. The molecule has 28 heavy (non-hydrogen) atoms. The maximum Gasteiger partial charge on any atom is 0.328 e. The monoisotopic (exact) mass is 367 g/mol. The van der Waals surface area contributed by atoms with Crippen LogP contribution < -0.4 is 5.69 Å². The Morgan fingerprint density at radius 1 is 0.929 bits per heavy atom. The summed E-state index contributed by atoms with van der Waals surface area (Å²) in [7, 11) is 0. The van der Waals surface area contributed by atoms with E-state index in [1.807, 2.05) is 48.5 Å². The number of hydrogen-bond donors (Lipinski definition) is 1. The molecular formula is C22H17N5O. The van der Waals surface area contributed by atoms with E-state index in [1.165, 1.54) is 5.56 Å². The van der Waals surface area contributed by atoms with E-state index in [1.54, 1.807) is 17.0 Å². The molecule has 5 rings (SSSR count). The van der Waals surface area contributed by atoms with Crippen molar-refractivity contribution in [2.24, 2.45) is 0 Å². The van der Waals surface area contributed by atoms with E-state index < -0.39 is 0 Å². The molecule has 0 aliphatic rings. The maximum absolute atomic E-state index is 12.4. The summed E-state index contributed by atoms with van der Waals surface area (Å²) >= 11 is 0. The average molecular weight is 367 g/mol. The zero-order valence-electron chi connectivity index (χ0n) is 15.0. The van der Waals surface area contributed by atoms with E-state index in [0.717, 1.165) is 28.6 Å². The second kappa shape index (κ2) is 6.74. The molecule has 0 aliphatic carbocycles. The first-order valence-electron chi connectivity index (χ1n) is 9.13. The normalized spacial score (nSPS) is 11.3. The molecule has 0 radical (unpaired) electrons. The number of benzene rings is 2. The molecule has 3 heterocycles. The van der Waals surface area contributed by atoms with Crippen molar-refractivity contribution >= 4 is 22.2 Å². The molecule has 0 aliphatic heterocycles. The zero-order chi connectivity index (χ0) is 18.9. The fraction of sp³-hybridized carbons (Fsp3) is 0.0909. The number of para-hydroxylation sites is 1. The van der Waals surface area contributed by atoms with Crippen LogP contribution in [-0.4, -0.2) is 24.5 Å². The van der Waals surface area contributed by atoms with Crippen LogP contribution in [-0.2, 0) is 13.0 Å². The van der Waals surface area contributed by atoms with Gasteiger partial charge in [-0.2, -0.15) is 0 Å². The van der Waals surface area contributed by atoms with Gasteiger partial charge in [-0.15, -0.1) is 0 Å². The van der Waals surface area contributed by atoms with Gasteiger partial charge in [-0.25, -0.2) is 14.8 Å². The fourth-order valence-electron chi connectivity index (χ4n) is 3.46. The first-order valence-corrected chi connectivity index (χ1v) is 9.13. The van der Waals surface area contributed by atoms with Crippen molar-refractivity contribution in [1.82, 2.24) is 24.5 Å². The minimum absolute atomic E-state index is 0.192. The molecule has 6 heteroatoms. The van der Waals surface area contributed by atoms with Gasteiger partial charge < -0.3 is 0 Å². The van der Waals surface area contributed by atoms with Crippen LogP contribution in [0.25, 0.3) is 33.5 Å². The van der Waals surface area contributed by atoms with Gasteiger partial charge in [-0.3, -0.25) is 14.5 Å². The highest BCUT2D eigenvalue weighted by molar-refractivity contribution is 5.93. The van der Waals surface area contributed by atoms with E-state index in [9.17, 15) is 4.79 Å². The Morgan fingerprint density at radius 3 is 2.64 bits per heavy atom. The molecule has 0 amide bonds. The Balaban J connectivity index is 1.59. The second-order valence-electron chi connectivity index (χ2n) is 6.62. The van der Waals surface area contributed by atoms with Gasteiger partial charge in [0.25, 0.3) is 0 Å². The quantitative estimate of drug-likeness (QED) is 0.527. The highest BCUT2D eigenvalue weighted by atomic mass is 16.1. The van der Waals surface area contributed by atoms with Crippen molar-refractivity contribution in [1.29, 1.82) is 0 Å². The van der Waals surface area contributed by atoms with Crippen LogP contribution in [0.1, 0.15) is 5.56 Å². The van der Waals surface area contributed by atoms with Crippen molar-refractivity contribution < 1.29 is 0 Å². The molecule has 0 bridgehead atoms. The van der Waals surface area contributed by atoms with E-state index in [4.69, 9.17) is 4.98 Å². The van der Waals surface area contributed by atoms with Crippen molar-refractivity contribution in [2.75, 3.05) is 0 Å². The summed E-state index contributed by atoms with van der Waals surface area (Å²) in [6, 6.07) is 19.9. The number of hydrogen-bond acceptors (Lipinski definition) is 4. The molecule has 5 aromatic rings. The molecule has 3 aromatic heterocycles. The number of aromatic nitrogens is 5. The van der Waals surface area contributed by atoms with Crippen molar-refractivity contribution in [2.45, 2.75) is 13.0 Å². The van der Waals surface area contributed by atoms with Crippen molar-refractivity contribution in [3.05, 3.63) is 89.1 Å². The lowest BCUT2D eigenvalue weighted by Gasteiger charge is -2.07. The predicted octanol–water partition coefficient (Wildman–Crippen LogP) is 3.58. The number of H-pyrrole nitrogens is 1. The Kier molecular flexibility index (Phi) is 3.94. The first-order chi connectivity index (χ1) is 13.8. The molecule has 1 N–H and O–H groups in total. The smallest absolute Gasteiger partial charge is 0.289 e. The second-order valence-corrected chi connectivity index (χ2v) is 6.62. The number of aromatic amines is 1. The number of nitrogens with zero attached hydrogens (tertiary/aromatic N) is 4. The lowest BCUT2D eigenvalue weighted by atomic mass is 10.1. The van der Waals surface area contributed by atoms with E-state index in [-0.39, 0.29) is 5.69 Å². The summed E-state index contributed by atoms with van der Waals surface area (Å²) < 4.78 is 1.65. The van der Waals surface area contributed by atoms with Crippen LogP contribution in [0.15, 0.2) is 77.9 Å². The van der Waals surface area contributed by atoms with E-state index >= 15 is 0 Å². The standard InChI is InChI=1S/C22H17N5O/c28-22-26-20-21(27(22)13-11-15-6-2-1-3-7-15)25-19(14-24-20)17-10-12-23-18-9-5-4-8-16(17)18/h1-10,12,14H,11,13H2,(H,24,26,28). The molecule has 2 aromatic carbocycles. The van der Waals surface area contributed by atoms with Crippen LogP contribution in [0.2, 0.25) is 0 Å². The molecule has 0 fully saturated rings. The fourth-order valence-corrected chi connectivity index (χ4v) is 3.46. The molecule has 6 nitrogen and oxygen atoms in total. The Labute approximate surface area is 160 Å². The van der Waals surface area contributed by atoms with Crippen molar-refractivity contribution in [3.8, 4) is 11.3 Å². The zero-order valence-corrected chi connectivity index (χ0v) is 15.0. The van der Waals surface area contributed by atoms with Crippen LogP contribution in [0.5, 0.6) is 0 Å². The number of nitrogens with one attached hydrogen (secondary N) is 1. The van der Waals surface area contributed by atoms with E-state index in [0.29, 0.717) is 17.8 Å². The summed E-state index contributed by atoms with van der Waals surface area (Å²) in [5.41, 5.74) is 4.62. The lowest BCUT2D eigenvalue weighted by molar-refractivity contribution is 0.685. The van der Waals surface area contributed by atoms with Crippen LogP contribution >= 0.6 is 0 Å². The van der Waals surface area contributed by atoms with Gasteiger partial charge in [0.1, 0.15) is 0 Å². The summed E-state index contributed by atoms with van der Waals surface area (Å²) in [6.45, 7) is 0.540. The van der Waals surface area contributed by atoms with Gasteiger partial charge in [0, 0.05) is 23.7 Å². The molecular weight excluding hydrogens is 350 g/mol. The van der Waals surface area contributed by atoms with Crippen LogP contribution in [0, 0.1) is 0 Å². The largest absolute Gasteiger partial charge is 0.328 e. The minimum Gasteiger partial charge on any atom is -0.289 e. The van der Waals surface area contributed by atoms with Crippen molar-refractivity contribution in [3.63, 3.8) is 0 Å². The third-order valence-electron chi connectivity index (χ3n) is 4.87. The minimum atomic E-state index is -0.192. The van der Waals surface area contributed by atoms with Gasteiger partial charge in [-0.1, -0.05) is 48.5 Å². The Hall–Kier alpha value is -3.80. The maximum atomic E-state index is 12.4. The molecule has 0 unspecified atom stereocenters. The third kappa shape index (κ3) is 2.85. The number of fused-ring (bicyclic) bond motifs is 2. The summed E-state index contributed by atoms with van der Waals surface area (Å²) in [6.07, 6.45) is 4.21. The number of aryl methyl sites for hydroxylation is 2. The Morgan fingerprint density at radius 2 is 1.75 bits per heavy atom. The third-order valence-corrected chi connectivity index (χ3v) is 4.87. The van der Waals surface area contributed by atoms with Gasteiger partial charge in [-0.05, 0) is 24.1 Å². The summed E-state index contributed by atoms with van der Waals surface area (Å²) in [5.74, 6) is 0. The van der Waals surface area contributed by atoms with Crippen LogP contribution in [0.4, 0.5) is 0 Å². The lowest BCUT2D eigenvalue weighted by Crippen LogP contribution is -2.18. The molecule has 0 spiro atoms. The highest BCUT2D eigenvalue weighted by Gasteiger charge is 2.13. The average Bonchev–Trinajstić information content (AvgIpc) is 3.06. The first kappa shape index (κ1) is 16.4. The van der Waals surface area contributed by atoms with Crippen LogP contribution in [0.3, 0.4) is 0 Å². The van der Waals surface area contributed by atoms with Gasteiger partial charge in [0.15, 0.2) is 11.3 Å². The van der Waals surface area contributed by atoms with Gasteiger partial charge in [0.05, 0.1) is 17.4 Å². The topological polar surface area (TPSA) is 76.5 Å². The summed E-state index contributed by atoms with van der Waals surface area (Å²) in [4.78, 5) is 28.9. The number of pyridine rings is 1. The number of imidazole rings is 1. The molecule has 0 saturated heterocycles. The van der Waals surface area contributed by atoms with E-state index in [2.05, 4.69) is 27.1 Å². The molecule has 0 saturated carbocycles. The predicted molar refractivity (Wildman–Crippen MR) is 109 cm³/mol. The molecule has 0 atom stereocenters. The van der Waals surface area contributed by atoms with Gasteiger partial charge >= 0.3 is 5.69 Å².